The number of esters is 1. The molecule has 45 heavy (non-hydrogen) atoms. The maximum absolute atomic E-state index is 12.6. The van der Waals surface area contributed by atoms with E-state index < -0.39 is 5.97 Å². The lowest BCUT2D eigenvalue weighted by atomic mass is 10.1. The molecule has 0 spiro atoms. The van der Waals surface area contributed by atoms with Crippen molar-refractivity contribution in [2.45, 2.75) is 200 Å². The summed E-state index contributed by atoms with van der Waals surface area (Å²) in [6.45, 7) is 4.16. The Morgan fingerprint density at radius 2 is 1.02 bits per heavy atom. The van der Waals surface area contributed by atoms with E-state index in [4.69, 9.17) is 9.84 Å². The molecule has 0 aliphatic rings. The Bertz CT molecular complexity index is 748. The predicted molar refractivity (Wildman–Crippen MR) is 189 cm³/mol. The van der Waals surface area contributed by atoms with E-state index in [0.29, 0.717) is 12.8 Å². The highest BCUT2D eigenvalue weighted by Gasteiger charge is 2.12. The molecule has 0 aromatic carbocycles. The van der Waals surface area contributed by atoms with E-state index in [0.717, 1.165) is 51.4 Å². The Morgan fingerprint density at radius 1 is 0.578 bits per heavy atom. The van der Waals surface area contributed by atoms with Crippen LogP contribution in [0.1, 0.15) is 194 Å². The van der Waals surface area contributed by atoms with Crippen LogP contribution in [0.5, 0.6) is 0 Å². The van der Waals surface area contributed by atoms with Gasteiger partial charge >= 0.3 is 11.9 Å². The molecule has 0 bridgehead atoms. The molecule has 0 aliphatic carbocycles. The Balaban J connectivity index is 3.98. The number of unbranched alkanes of at least 4 members (excludes halogenated alkanes) is 21. The standard InChI is InChI=1S/C39H71NO5/c1-3-5-7-9-11-12-13-14-15-16-17-18-19-20-21-22-24-30-34-39(44)45-36(31-27-23-10-8-6-4-2)32-28-25-26-29-33-37(41)40-35-38(42)43/h15-16,27,31,36H,3-14,17-26,28-30,32-35H2,1-2H3,(H,40,41)(H,42,43)/b16-15-,31-27-. The molecular formula is C39H71NO5. The van der Waals surface area contributed by atoms with Crippen LogP contribution >= 0.6 is 0 Å². The van der Waals surface area contributed by atoms with Crippen molar-refractivity contribution in [3.63, 3.8) is 0 Å². The maximum Gasteiger partial charge on any atom is 0.322 e. The van der Waals surface area contributed by atoms with Crippen LogP contribution in [0.2, 0.25) is 0 Å². The minimum Gasteiger partial charge on any atom is -0.480 e. The monoisotopic (exact) mass is 634 g/mol. The number of carbonyl (C=O) groups is 3. The molecule has 1 unspecified atom stereocenters. The highest BCUT2D eigenvalue weighted by atomic mass is 16.5. The highest BCUT2D eigenvalue weighted by Crippen LogP contribution is 2.15. The fraction of sp³-hybridized carbons (Fsp3) is 0.821. The predicted octanol–water partition coefficient (Wildman–Crippen LogP) is 11.2. The van der Waals surface area contributed by atoms with Gasteiger partial charge in [0.25, 0.3) is 0 Å². The van der Waals surface area contributed by atoms with Gasteiger partial charge in [0.1, 0.15) is 12.6 Å². The lowest BCUT2D eigenvalue weighted by Crippen LogP contribution is -2.28. The quantitative estimate of drug-likeness (QED) is 0.0418. The molecule has 0 heterocycles. The van der Waals surface area contributed by atoms with E-state index in [1.807, 2.05) is 0 Å². The van der Waals surface area contributed by atoms with Crippen LogP contribution in [0.4, 0.5) is 0 Å². The van der Waals surface area contributed by atoms with E-state index in [9.17, 15) is 14.4 Å². The smallest absolute Gasteiger partial charge is 0.322 e. The van der Waals surface area contributed by atoms with Gasteiger partial charge in [-0.15, -0.1) is 0 Å². The summed E-state index contributed by atoms with van der Waals surface area (Å²) in [5.41, 5.74) is 0. The summed E-state index contributed by atoms with van der Waals surface area (Å²) in [4.78, 5) is 34.8. The first kappa shape index (κ1) is 42.9. The third kappa shape index (κ3) is 34.6. The van der Waals surface area contributed by atoms with Crippen LogP contribution in [-0.2, 0) is 19.1 Å². The second-order valence-corrected chi connectivity index (χ2v) is 12.8. The summed E-state index contributed by atoms with van der Waals surface area (Å²) < 4.78 is 5.86. The van der Waals surface area contributed by atoms with Crippen molar-refractivity contribution in [3.05, 3.63) is 24.3 Å². The Hall–Kier alpha value is -2.11. The van der Waals surface area contributed by atoms with Gasteiger partial charge in [-0.2, -0.15) is 0 Å². The zero-order valence-corrected chi connectivity index (χ0v) is 29.5. The van der Waals surface area contributed by atoms with E-state index >= 15 is 0 Å². The van der Waals surface area contributed by atoms with E-state index in [2.05, 4.69) is 43.5 Å². The molecule has 0 fully saturated rings. The van der Waals surface area contributed by atoms with Crippen molar-refractivity contribution < 1.29 is 24.2 Å². The van der Waals surface area contributed by atoms with Gasteiger partial charge < -0.3 is 15.2 Å². The minimum atomic E-state index is -1.03. The summed E-state index contributed by atoms with van der Waals surface area (Å²) >= 11 is 0. The van der Waals surface area contributed by atoms with Gasteiger partial charge in [-0.1, -0.05) is 135 Å². The Morgan fingerprint density at radius 3 is 1.58 bits per heavy atom. The molecule has 0 rings (SSSR count). The molecule has 1 atom stereocenters. The number of ether oxygens (including phenoxy) is 1. The minimum absolute atomic E-state index is 0.0889. The number of carboxylic acid groups (broad SMARTS) is 1. The van der Waals surface area contributed by atoms with Gasteiger partial charge in [0.2, 0.25) is 5.91 Å². The van der Waals surface area contributed by atoms with Gasteiger partial charge in [-0.05, 0) is 70.3 Å². The zero-order chi connectivity index (χ0) is 33.1. The zero-order valence-electron chi connectivity index (χ0n) is 29.5. The topological polar surface area (TPSA) is 92.7 Å². The molecule has 2 N–H and O–H groups in total. The third-order valence-electron chi connectivity index (χ3n) is 8.33. The fourth-order valence-electron chi connectivity index (χ4n) is 5.48. The summed E-state index contributed by atoms with van der Waals surface area (Å²) in [7, 11) is 0. The summed E-state index contributed by atoms with van der Waals surface area (Å²) in [6, 6.07) is 0. The van der Waals surface area contributed by atoms with Gasteiger partial charge in [-0.25, -0.2) is 0 Å². The van der Waals surface area contributed by atoms with Crippen LogP contribution in [0, 0.1) is 0 Å². The average Bonchev–Trinajstić information content (AvgIpc) is 3.02. The lowest BCUT2D eigenvalue weighted by Gasteiger charge is -2.15. The van der Waals surface area contributed by atoms with Crippen LogP contribution in [0.3, 0.4) is 0 Å². The van der Waals surface area contributed by atoms with E-state index in [1.54, 1.807) is 0 Å². The van der Waals surface area contributed by atoms with Crippen LogP contribution < -0.4 is 5.32 Å². The van der Waals surface area contributed by atoms with Gasteiger partial charge in [0.05, 0.1) is 0 Å². The summed E-state index contributed by atoms with van der Waals surface area (Å²) in [5.74, 6) is -1.33. The van der Waals surface area contributed by atoms with Crippen molar-refractivity contribution in [3.8, 4) is 0 Å². The summed E-state index contributed by atoms with van der Waals surface area (Å²) in [5, 5.41) is 11.0. The summed E-state index contributed by atoms with van der Waals surface area (Å²) in [6.07, 6.45) is 40.4. The first-order valence-electron chi connectivity index (χ1n) is 19.0. The molecule has 0 aromatic rings. The molecule has 6 heteroatoms. The third-order valence-corrected chi connectivity index (χ3v) is 8.33. The normalized spacial score (nSPS) is 12.2. The molecule has 262 valence electrons. The van der Waals surface area contributed by atoms with Gasteiger partial charge in [0, 0.05) is 12.8 Å². The fourth-order valence-corrected chi connectivity index (χ4v) is 5.48. The lowest BCUT2D eigenvalue weighted by molar-refractivity contribution is -0.147. The number of carboxylic acids is 1. The number of hydrogen-bond acceptors (Lipinski definition) is 4. The number of allylic oxidation sites excluding steroid dienone is 3. The SMILES string of the molecule is CCCCCC/C=C\C(CCCCCCC(=O)NCC(=O)O)OC(=O)CCCCCCCCC/C=C\CCCCCCCCC. The molecule has 0 radical (unpaired) electrons. The number of amides is 1. The Kier molecular flexibility index (Phi) is 33.1. The van der Waals surface area contributed by atoms with Gasteiger partial charge in [-0.3, -0.25) is 14.4 Å². The van der Waals surface area contributed by atoms with Crippen LogP contribution in [0.15, 0.2) is 24.3 Å². The first-order valence-corrected chi connectivity index (χ1v) is 19.0. The van der Waals surface area contributed by atoms with Gasteiger partial charge in [0.15, 0.2) is 0 Å². The molecule has 0 saturated heterocycles. The number of rotatable bonds is 34. The van der Waals surface area contributed by atoms with Crippen LogP contribution in [0.25, 0.3) is 0 Å². The Labute approximate surface area is 277 Å². The number of nitrogens with one attached hydrogen (secondary N) is 1. The molecular weight excluding hydrogens is 562 g/mol. The first-order chi connectivity index (χ1) is 22.0. The second kappa shape index (κ2) is 34.8. The van der Waals surface area contributed by atoms with Crippen molar-refractivity contribution >= 4 is 17.8 Å². The molecule has 6 nitrogen and oxygen atoms in total. The highest BCUT2D eigenvalue weighted by molar-refractivity contribution is 5.80. The van der Waals surface area contributed by atoms with Crippen LogP contribution in [-0.4, -0.2) is 35.6 Å². The van der Waals surface area contributed by atoms with Crippen molar-refractivity contribution in [2.75, 3.05) is 6.54 Å². The molecule has 0 saturated carbocycles. The molecule has 1 amide bonds. The largest absolute Gasteiger partial charge is 0.480 e. The average molecular weight is 634 g/mol. The molecule has 0 aliphatic heterocycles. The maximum atomic E-state index is 12.6. The number of carbonyl (C=O) groups excluding carboxylic acids is 2. The van der Waals surface area contributed by atoms with Crippen molar-refractivity contribution in [1.82, 2.24) is 5.32 Å². The number of aliphatic carboxylic acids is 1. The van der Waals surface area contributed by atoms with Crippen molar-refractivity contribution in [1.29, 1.82) is 0 Å². The van der Waals surface area contributed by atoms with Crippen molar-refractivity contribution in [2.24, 2.45) is 0 Å². The molecule has 0 aromatic heterocycles. The number of hydrogen-bond donors (Lipinski definition) is 2. The second-order valence-electron chi connectivity index (χ2n) is 12.8. The van der Waals surface area contributed by atoms with E-state index in [1.165, 1.54) is 116 Å². The van der Waals surface area contributed by atoms with E-state index in [-0.39, 0.29) is 24.5 Å².